The Kier molecular flexibility index (Phi) is 6.66. The first-order chi connectivity index (χ1) is 13.1. The Labute approximate surface area is 171 Å². The van der Waals surface area contributed by atoms with Crippen molar-refractivity contribution in [3.8, 4) is 16.3 Å². The van der Waals surface area contributed by atoms with Gasteiger partial charge in [0.1, 0.15) is 10.8 Å². The summed E-state index contributed by atoms with van der Waals surface area (Å²) < 4.78 is 5.90. The lowest BCUT2D eigenvalue weighted by molar-refractivity contribution is -0.130. The summed E-state index contributed by atoms with van der Waals surface area (Å²) in [7, 11) is 1.64. The van der Waals surface area contributed by atoms with Crippen LogP contribution in [0.2, 0.25) is 4.34 Å². The maximum Gasteiger partial charge on any atom is 0.229 e. The molecular weight excluding hydrogens is 400 g/mol. The molecule has 0 saturated carbocycles. The molecule has 0 aliphatic rings. The van der Waals surface area contributed by atoms with Gasteiger partial charge in [0.05, 0.1) is 30.1 Å². The number of halogens is 1. The van der Waals surface area contributed by atoms with E-state index in [2.05, 4.69) is 11.6 Å². The second-order valence-electron chi connectivity index (χ2n) is 5.82. The van der Waals surface area contributed by atoms with E-state index in [9.17, 15) is 4.79 Å². The van der Waals surface area contributed by atoms with Crippen molar-refractivity contribution in [3.63, 3.8) is 0 Å². The highest BCUT2D eigenvalue weighted by atomic mass is 35.5. The predicted octanol–water partition coefficient (Wildman–Crippen LogP) is 5.29. The molecular formula is C20H19ClN2O2S2. The van der Waals surface area contributed by atoms with Gasteiger partial charge in [0, 0.05) is 22.4 Å². The van der Waals surface area contributed by atoms with Crippen molar-refractivity contribution in [2.45, 2.75) is 13.0 Å². The average molecular weight is 419 g/mol. The van der Waals surface area contributed by atoms with Gasteiger partial charge in [0.25, 0.3) is 0 Å². The maximum atomic E-state index is 12.7. The molecule has 3 rings (SSSR count). The van der Waals surface area contributed by atoms with Gasteiger partial charge in [-0.1, -0.05) is 17.7 Å². The van der Waals surface area contributed by atoms with Crippen molar-refractivity contribution >= 4 is 40.2 Å². The summed E-state index contributed by atoms with van der Waals surface area (Å²) >= 11 is 9.00. The molecule has 0 spiro atoms. The van der Waals surface area contributed by atoms with Crippen molar-refractivity contribution in [3.05, 3.63) is 69.3 Å². The van der Waals surface area contributed by atoms with E-state index in [0.717, 1.165) is 31.2 Å². The van der Waals surface area contributed by atoms with Crippen LogP contribution in [0.25, 0.3) is 10.6 Å². The van der Waals surface area contributed by atoms with Crippen LogP contribution in [0.1, 0.15) is 10.6 Å². The summed E-state index contributed by atoms with van der Waals surface area (Å²) in [6, 6.07) is 11.5. The SMILES string of the molecule is C=CCN(Cc1ccc(Cl)s1)C(=O)Cc1csc(-c2ccc(OC)cc2)n1. The molecule has 0 aliphatic heterocycles. The second-order valence-corrected chi connectivity index (χ2v) is 8.48. The van der Waals surface area contributed by atoms with Gasteiger partial charge >= 0.3 is 0 Å². The van der Waals surface area contributed by atoms with Crippen LogP contribution in [0, 0.1) is 0 Å². The van der Waals surface area contributed by atoms with Gasteiger partial charge in [0.15, 0.2) is 0 Å². The number of thiophene rings is 1. The van der Waals surface area contributed by atoms with Crippen molar-refractivity contribution in [1.82, 2.24) is 9.88 Å². The van der Waals surface area contributed by atoms with Crippen LogP contribution < -0.4 is 4.74 Å². The zero-order valence-corrected chi connectivity index (χ0v) is 17.2. The highest BCUT2D eigenvalue weighted by Gasteiger charge is 2.16. The van der Waals surface area contributed by atoms with E-state index in [0.29, 0.717) is 13.1 Å². The summed E-state index contributed by atoms with van der Waals surface area (Å²) in [5, 5.41) is 2.83. The maximum absolute atomic E-state index is 12.7. The van der Waals surface area contributed by atoms with Gasteiger partial charge < -0.3 is 9.64 Å². The van der Waals surface area contributed by atoms with Gasteiger partial charge in [0.2, 0.25) is 5.91 Å². The Bertz CT molecular complexity index is 918. The van der Waals surface area contributed by atoms with Crippen molar-refractivity contribution in [1.29, 1.82) is 0 Å². The number of hydrogen-bond acceptors (Lipinski definition) is 5. The molecule has 0 atom stereocenters. The molecule has 1 amide bonds. The number of thiazole rings is 1. The minimum Gasteiger partial charge on any atom is -0.497 e. The number of rotatable bonds is 8. The molecule has 0 aliphatic carbocycles. The highest BCUT2D eigenvalue weighted by molar-refractivity contribution is 7.16. The van der Waals surface area contributed by atoms with Crippen LogP contribution in [0.3, 0.4) is 0 Å². The summed E-state index contributed by atoms with van der Waals surface area (Å²) in [5.41, 5.74) is 1.78. The van der Waals surface area contributed by atoms with Crippen LogP contribution in [-0.2, 0) is 17.8 Å². The standard InChI is InChI=1S/C20H19ClN2O2S2/c1-3-10-23(12-17-8-9-18(21)27-17)19(24)11-15-13-26-20(22-15)14-4-6-16(25-2)7-5-14/h3-9,13H,1,10-12H2,2H3. The van der Waals surface area contributed by atoms with Gasteiger partial charge in [-0.05, 0) is 36.4 Å². The molecule has 7 heteroatoms. The second kappa shape index (κ2) is 9.17. The molecule has 1 aromatic carbocycles. The van der Waals surface area contributed by atoms with E-state index in [1.54, 1.807) is 18.1 Å². The third kappa shape index (κ3) is 5.19. The number of methoxy groups -OCH3 is 1. The van der Waals surface area contributed by atoms with Gasteiger partial charge in [-0.15, -0.1) is 29.3 Å². The topological polar surface area (TPSA) is 42.4 Å². The first kappa shape index (κ1) is 19.6. The molecule has 140 valence electrons. The fourth-order valence-corrected chi connectivity index (χ4v) is 4.49. The lowest BCUT2D eigenvalue weighted by atomic mass is 10.2. The van der Waals surface area contributed by atoms with E-state index >= 15 is 0 Å². The number of hydrogen-bond donors (Lipinski definition) is 0. The lowest BCUT2D eigenvalue weighted by Crippen LogP contribution is -2.31. The fourth-order valence-electron chi connectivity index (χ4n) is 2.56. The Morgan fingerprint density at radius 3 is 2.70 bits per heavy atom. The number of nitrogens with zero attached hydrogens (tertiary/aromatic N) is 2. The van der Waals surface area contributed by atoms with Gasteiger partial charge in [-0.25, -0.2) is 4.98 Å². The Morgan fingerprint density at radius 1 is 1.30 bits per heavy atom. The number of aromatic nitrogens is 1. The molecule has 0 unspecified atom stereocenters. The number of carbonyl (C=O) groups is 1. The quantitative estimate of drug-likeness (QED) is 0.466. The van der Waals surface area contributed by atoms with Crippen molar-refractivity contribution < 1.29 is 9.53 Å². The van der Waals surface area contributed by atoms with Crippen LogP contribution in [0.5, 0.6) is 5.75 Å². The van der Waals surface area contributed by atoms with Crippen LogP contribution >= 0.6 is 34.3 Å². The molecule has 27 heavy (non-hydrogen) atoms. The molecule has 0 saturated heterocycles. The lowest BCUT2D eigenvalue weighted by Gasteiger charge is -2.20. The van der Waals surface area contributed by atoms with Crippen LogP contribution in [-0.4, -0.2) is 29.4 Å². The van der Waals surface area contributed by atoms with Crippen molar-refractivity contribution in [2.24, 2.45) is 0 Å². The fraction of sp³-hybridized carbons (Fsp3) is 0.200. The third-order valence-corrected chi connectivity index (χ3v) is 6.05. The summed E-state index contributed by atoms with van der Waals surface area (Å²) in [4.78, 5) is 20.2. The minimum absolute atomic E-state index is 0.0194. The van der Waals surface area contributed by atoms with E-state index in [1.807, 2.05) is 41.8 Å². The first-order valence-corrected chi connectivity index (χ1v) is 10.4. The third-order valence-electron chi connectivity index (χ3n) is 3.90. The van der Waals surface area contributed by atoms with E-state index in [4.69, 9.17) is 16.3 Å². The predicted molar refractivity (Wildman–Crippen MR) is 113 cm³/mol. The minimum atomic E-state index is 0.0194. The van der Waals surface area contributed by atoms with E-state index in [-0.39, 0.29) is 12.3 Å². The zero-order chi connectivity index (χ0) is 19.2. The summed E-state index contributed by atoms with van der Waals surface area (Å²) in [6.45, 7) is 4.77. The first-order valence-electron chi connectivity index (χ1n) is 8.30. The summed E-state index contributed by atoms with van der Waals surface area (Å²) in [6.07, 6.45) is 2.00. The summed E-state index contributed by atoms with van der Waals surface area (Å²) in [5.74, 6) is 0.824. The highest BCUT2D eigenvalue weighted by Crippen LogP contribution is 2.26. The number of amides is 1. The Morgan fingerprint density at radius 2 is 2.07 bits per heavy atom. The molecule has 2 aromatic heterocycles. The molecule has 0 N–H and O–H groups in total. The molecule has 0 fully saturated rings. The Balaban J connectivity index is 1.68. The van der Waals surface area contributed by atoms with Gasteiger partial charge in [-0.2, -0.15) is 0 Å². The number of carbonyl (C=O) groups excluding carboxylic acids is 1. The Hall–Kier alpha value is -2.15. The molecule has 2 heterocycles. The molecule has 0 radical (unpaired) electrons. The smallest absolute Gasteiger partial charge is 0.229 e. The normalized spacial score (nSPS) is 10.6. The van der Waals surface area contributed by atoms with Crippen molar-refractivity contribution in [2.75, 3.05) is 13.7 Å². The van der Waals surface area contributed by atoms with Crippen LogP contribution in [0.4, 0.5) is 0 Å². The molecule has 3 aromatic rings. The van der Waals surface area contributed by atoms with E-state index < -0.39 is 0 Å². The zero-order valence-electron chi connectivity index (χ0n) is 14.9. The largest absolute Gasteiger partial charge is 0.497 e. The average Bonchev–Trinajstić information content (AvgIpc) is 3.30. The monoisotopic (exact) mass is 418 g/mol. The van der Waals surface area contributed by atoms with E-state index in [1.165, 1.54) is 22.7 Å². The molecule has 4 nitrogen and oxygen atoms in total. The van der Waals surface area contributed by atoms with Crippen LogP contribution in [0.15, 0.2) is 54.4 Å². The number of benzene rings is 1. The number of ether oxygens (including phenoxy) is 1. The van der Waals surface area contributed by atoms with Gasteiger partial charge in [-0.3, -0.25) is 4.79 Å². The molecule has 0 bridgehead atoms.